The van der Waals surface area contributed by atoms with Crippen molar-refractivity contribution in [2.75, 3.05) is 33.2 Å². The quantitative estimate of drug-likeness (QED) is 0.265. The highest BCUT2D eigenvalue weighted by atomic mass is 127. The zero-order chi connectivity index (χ0) is 20.5. The van der Waals surface area contributed by atoms with E-state index in [1.165, 1.54) is 23.3 Å². The first-order valence-corrected chi connectivity index (χ1v) is 9.87. The topological polar surface area (TPSA) is 56.7 Å². The second-order valence-electron chi connectivity index (χ2n) is 6.92. The Morgan fingerprint density at radius 2 is 1.77 bits per heavy atom. The third-order valence-corrected chi connectivity index (χ3v) is 4.87. The van der Waals surface area contributed by atoms with E-state index in [2.05, 4.69) is 50.9 Å². The Morgan fingerprint density at radius 3 is 2.40 bits per heavy atom. The van der Waals surface area contributed by atoms with Crippen LogP contribution >= 0.6 is 24.0 Å². The van der Waals surface area contributed by atoms with Crippen molar-refractivity contribution in [2.45, 2.75) is 12.8 Å². The molecule has 160 valence electrons. The largest absolute Gasteiger partial charge is 0.354 e. The number of halogens is 2. The molecule has 1 heterocycles. The first-order chi connectivity index (χ1) is 14.2. The number of rotatable bonds is 6. The lowest BCUT2D eigenvalue weighted by Gasteiger charge is -2.29. The van der Waals surface area contributed by atoms with Gasteiger partial charge in [-0.15, -0.1) is 24.0 Å². The van der Waals surface area contributed by atoms with E-state index in [1.807, 2.05) is 6.07 Å². The molecule has 0 fully saturated rings. The number of hydrogen-bond acceptors (Lipinski definition) is 2. The maximum Gasteiger partial charge on any atom is 0.224 e. The van der Waals surface area contributed by atoms with Gasteiger partial charge in [-0.1, -0.05) is 48.5 Å². The van der Waals surface area contributed by atoms with Gasteiger partial charge in [0.15, 0.2) is 5.96 Å². The summed E-state index contributed by atoms with van der Waals surface area (Å²) in [6, 6.07) is 16.4. The van der Waals surface area contributed by atoms with Crippen LogP contribution in [0.15, 0.2) is 65.7 Å². The number of amides is 1. The molecule has 0 saturated carbocycles. The monoisotopic (exact) mass is 522 g/mol. The Balaban J connectivity index is 0.00000320. The zero-order valence-electron chi connectivity index (χ0n) is 17.1. The molecule has 0 atom stereocenters. The second-order valence-corrected chi connectivity index (χ2v) is 6.92. The second kappa shape index (κ2) is 12.3. The Morgan fingerprint density at radius 1 is 1.07 bits per heavy atom. The summed E-state index contributed by atoms with van der Waals surface area (Å²) in [5.41, 5.74) is 3.44. The lowest BCUT2D eigenvalue weighted by molar-refractivity contribution is -0.120. The molecule has 30 heavy (non-hydrogen) atoms. The normalized spacial score (nSPS) is 13.9. The summed E-state index contributed by atoms with van der Waals surface area (Å²) >= 11 is 0. The van der Waals surface area contributed by atoms with Crippen LogP contribution in [-0.4, -0.2) is 50.0 Å². The summed E-state index contributed by atoms with van der Waals surface area (Å²) in [5, 5.41) is 6.18. The van der Waals surface area contributed by atoms with Crippen LogP contribution in [0.4, 0.5) is 4.39 Å². The van der Waals surface area contributed by atoms with Crippen LogP contribution in [0.25, 0.3) is 5.57 Å². The zero-order valence-corrected chi connectivity index (χ0v) is 19.4. The van der Waals surface area contributed by atoms with Crippen LogP contribution in [0.1, 0.15) is 17.5 Å². The fourth-order valence-corrected chi connectivity index (χ4v) is 3.33. The minimum Gasteiger partial charge on any atom is -0.354 e. The lowest BCUT2D eigenvalue weighted by Crippen LogP contribution is -2.45. The molecule has 1 aliphatic rings. The number of guanidine groups is 1. The van der Waals surface area contributed by atoms with Crippen LogP contribution in [0, 0.1) is 5.82 Å². The van der Waals surface area contributed by atoms with Gasteiger partial charge in [0.25, 0.3) is 0 Å². The summed E-state index contributed by atoms with van der Waals surface area (Å²) in [5.74, 6) is 0.455. The van der Waals surface area contributed by atoms with Crippen molar-refractivity contribution in [3.8, 4) is 0 Å². The maximum atomic E-state index is 12.9. The highest BCUT2D eigenvalue weighted by molar-refractivity contribution is 14.0. The predicted octanol–water partition coefficient (Wildman–Crippen LogP) is 3.47. The van der Waals surface area contributed by atoms with E-state index in [4.69, 9.17) is 0 Å². The van der Waals surface area contributed by atoms with Crippen LogP contribution in [0.3, 0.4) is 0 Å². The fourth-order valence-electron chi connectivity index (χ4n) is 3.33. The minimum atomic E-state index is -0.298. The van der Waals surface area contributed by atoms with Crippen LogP contribution < -0.4 is 10.6 Å². The molecule has 0 radical (unpaired) electrons. The van der Waals surface area contributed by atoms with E-state index in [0.29, 0.717) is 13.1 Å². The van der Waals surface area contributed by atoms with E-state index in [-0.39, 0.29) is 42.1 Å². The van der Waals surface area contributed by atoms with Crippen molar-refractivity contribution in [2.24, 2.45) is 4.99 Å². The summed E-state index contributed by atoms with van der Waals surface area (Å²) in [6.45, 7) is 2.80. The molecule has 0 bridgehead atoms. The molecule has 1 aliphatic heterocycles. The van der Waals surface area contributed by atoms with Crippen molar-refractivity contribution >= 4 is 41.4 Å². The maximum absolute atomic E-state index is 12.9. The van der Waals surface area contributed by atoms with Gasteiger partial charge < -0.3 is 15.5 Å². The predicted molar refractivity (Wildman–Crippen MR) is 130 cm³/mol. The van der Waals surface area contributed by atoms with Crippen LogP contribution in [0.2, 0.25) is 0 Å². The Bertz CT molecular complexity index is 869. The SMILES string of the molecule is CN=C(NCCNC(=O)Cc1ccc(F)cc1)N1CC=C(c2ccccc2)CC1.I. The summed E-state index contributed by atoms with van der Waals surface area (Å²) in [6.07, 6.45) is 3.46. The number of aliphatic imine (C=N–C) groups is 1. The molecule has 0 spiro atoms. The average molecular weight is 522 g/mol. The fraction of sp³-hybridized carbons (Fsp3) is 0.304. The molecule has 5 nitrogen and oxygen atoms in total. The first-order valence-electron chi connectivity index (χ1n) is 9.87. The van der Waals surface area contributed by atoms with E-state index in [9.17, 15) is 9.18 Å². The molecule has 1 amide bonds. The highest BCUT2D eigenvalue weighted by Gasteiger charge is 2.15. The molecule has 0 aromatic heterocycles. The van der Waals surface area contributed by atoms with Gasteiger partial charge in [0.2, 0.25) is 5.91 Å². The van der Waals surface area contributed by atoms with Gasteiger partial charge in [-0.2, -0.15) is 0 Å². The Hall–Kier alpha value is -2.42. The van der Waals surface area contributed by atoms with Crippen molar-refractivity contribution in [1.82, 2.24) is 15.5 Å². The number of nitrogens with zero attached hydrogens (tertiary/aromatic N) is 2. The van der Waals surface area contributed by atoms with Gasteiger partial charge in [-0.05, 0) is 35.3 Å². The van der Waals surface area contributed by atoms with Crippen molar-refractivity contribution in [3.05, 3.63) is 77.6 Å². The van der Waals surface area contributed by atoms with Crippen LogP contribution in [-0.2, 0) is 11.2 Å². The molecule has 3 rings (SSSR count). The molecule has 7 heteroatoms. The summed E-state index contributed by atoms with van der Waals surface area (Å²) < 4.78 is 12.9. The number of carbonyl (C=O) groups is 1. The van der Waals surface area contributed by atoms with E-state index in [1.54, 1.807) is 19.2 Å². The first kappa shape index (κ1) is 23.9. The molecular formula is C23H28FIN4O. The van der Waals surface area contributed by atoms with Gasteiger partial charge in [0, 0.05) is 33.2 Å². The van der Waals surface area contributed by atoms with Gasteiger partial charge in [0.05, 0.1) is 6.42 Å². The van der Waals surface area contributed by atoms with E-state index >= 15 is 0 Å². The van der Waals surface area contributed by atoms with Gasteiger partial charge in [-0.25, -0.2) is 4.39 Å². The third kappa shape index (κ3) is 7.12. The van der Waals surface area contributed by atoms with E-state index < -0.39 is 0 Å². The standard InChI is InChI=1S/C23H27FN4O.HI/c1-25-23(28-15-11-20(12-16-28)19-5-3-2-4-6-19)27-14-13-26-22(29)17-18-7-9-21(24)10-8-18;/h2-11H,12-17H2,1H3,(H,25,27)(H,26,29);1H. The molecule has 2 N–H and O–H groups in total. The van der Waals surface area contributed by atoms with Gasteiger partial charge in [-0.3, -0.25) is 9.79 Å². The molecule has 2 aromatic rings. The van der Waals surface area contributed by atoms with Crippen molar-refractivity contribution in [1.29, 1.82) is 0 Å². The van der Waals surface area contributed by atoms with Gasteiger partial charge in [0.1, 0.15) is 5.82 Å². The lowest BCUT2D eigenvalue weighted by atomic mass is 10.00. The molecule has 0 unspecified atom stereocenters. The number of carbonyl (C=O) groups excluding carboxylic acids is 1. The smallest absolute Gasteiger partial charge is 0.224 e. The van der Waals surface area contributed by atoms with E-state index in [0.717, 1.165) is 31.0 Å². The number of nitrogens with one attached hydrogen (secondary N) is 2. The third-order valence-electron chi connectivity index (χ3n) is 4.87. The molecular weight excluding hydrogens is 494 g/mol. The number of benzene rings is 2. The van der Waals surface area contributed by atoms with Crippen LogP contribution in [0.5, 0.6) is 0 Å². The highest BCUT2D eigenvalue weighted by Crippen LogP contribution is 2.21. The Kier molecular flexibility index (Phi) is 9.79. The Labute approximate surface area is 194 Å². The number of hydrogen-bond donors (Lipinski definition) is 2. The average Bonchev–Trinajstić information content (AvgIpc) is 2.76. The van der Waals surface area contributed by atoms with Gasteiger partial charge >= 0.3 is 0 Å². The van der Waals surface area contributed by atoms with Crippen molar-refractivity contribution < 1.29 is 9.18 Å². The summed E-state index contributed by atoms with van der Waals surface area (Å²) in [7, 11) is 1.77. The molecule has 0 aliphatic carbocycles. The van der Waals surface area contributed by atoms with Crippen molar-refractivity contribution in [3.63, 3.8) is 0 Å². The molecule has 0 saturated heterocycles. The molecule has 2 aromatic carbocycles. The minimum absolute atomic E-state index is 0. The summed E-state index contributed by atoms with van der Waals surface area (Å²) in [4.78, 5) is 18.6.